The van der Waals surface area contributed by atoms with Gasteiger partial charge in [0.05, 0.1) is 0 Å². The van der Waals surface area contributed by atoms with Gasteiger partial charge in [-0.25, -0.2) is 9.78 Å². The van der Waals surface area contributed by atoms with E-state index in [-0.39, 0.29) is 6.03 Å². The van der Waals surface area contributed by atoms with Crippen LogP contribution in [-0.2, 0) is 6.54 Å². The van der Waals surface area contributed by atoms with Crippen LogP contribution in [0.15, 0.2) is 18.3 Å². The Hall–Kier alpha value is -1.78. The van der Waals surface area contributed by atoms with E-state index in [0.717, 1.165) is 30.3 Å². The Morgan fingerprint density at radius 3 is 2.77 bits per heavy atom. The standard InChI is InChI=1S/C17H28N4O/c1-21(2)16-12-15(9-10-18-16)13-20-17(22)19-11-8-14-6-4-3-5-7-14/h9-10,12,14H,3-8,11,13H2,1-2H3,(H2,19,20,22). The van der Waals surface area contributed by atoms with Crippen LogP contribution in [0.1, 0.15) is 44.1 Å². The molecule has 1 aromatic heterocycles. The van der Waals surface area contributed by atoms with Crippen LogP contribution in [0.5, 0.6) is 0 Å². The van der Waals surface area contributed by atoms with Crippen LogP contribution < -0.4 is 15.5 Å². The topological polar surface area (TPSA) is 57.3 Å². The van der Waals surface area contributed by atoms with E-state index < -0.39 is 0 Å². The first-order chi connectivity index (χ1) is 10.6. The first-order valence-corrected chi connectivity index (χ1v) is 8.29. The molecule has 0 unspecified atom stereocenters. The number of amides is 2. The van der Waals surface area contributed by atoms with E-state index in [2.05, 4.69) is 15.6 Å². The number of rotatable bonds is 6. The number of carbonyl (C=O) groups excluding carboxylic acids is 1. The zero-order chi connectivity index (χ0) is 15.8. The average Bonchev–Trinajstić information content (AvgIpc) is 2.54. The number of nitrogens with zero attached hydrogens (tertiary/aromatic N) is 2. The van der Waals surface area contributed by atoms with Crippen molar-refractivity contribution in [1.82, 2.24) is 15.6 Å². The Kier molecular flexibility index (Phi) is 6.49. The molecule has 0 aliphatic heterocycles. The van der Waals surface area contributed by atoms with Gasteiger partial charge in [-0.1, -0.05) is 32.1 Å². The molecule has 1 heterocycles. The Balaban J connectivity index is 1.65. The molecule has 2 N–H and O–H groups in total. The van der Waals surface area contributed by atoms with Crippen LogP contribution in [-0.4, -0.2) is 31.7 Å². The van der Waals surface area contributed by atoms with E-state index in [1.54, 1.807) is 6.20 Å². The number of anilines is 1. The summed E-state index contributed by atoms with van der Waals surface area (Å²) in [6.07, 6.45) is 9.62. The minimum atomic E-state index is -0.0842. The number of urea groups is 1. The second-order valence-corrected chi connectivity index (χ2v) is 6.32. The third-order valence-corrected chi connectivity index (χ3v) is 4.28. The van der Waals surface area contributed by atoms with Gasteiger partial charge in [0.2, 0.25) is 0 Å². The molecular weight excluding hydrogens is 276 g/mol. The van der Waals surface area contributed by atoms with E-state index >= 15 is 0 Å². The largest absolute Gasteiger partial charge is 0.363 e. The van der Waals surface area contributed by atoms with Gasteiger partial charge in [0.25, 0.3) is 0 Å². The van der Waals surface area contributed by atoms with Gasteiger partial charge in [0.1, 0.15) is 5.82 Å². The quantitative estimate of drug-likeness (QED) is 0.849. The highest BCUT2D eigenvalue weighted by Gasteiger charge is 2.13. The predicted molar refractivity (Wildman–Crippen MR) is 90.0 cm³/mol. The number of carbonyl (C=O) groups is 1. The van der Waals surface area contributed by atoms with E-state index in [1.165, 1.54) is 32.1 Å². The SMILES string of the molecule is CN(C)c1cc(CNC(=O)NCCC2CCCCC2)ccn1. The summed E-state index contributed by atoms with van der Waals surface area (Å²) < 4.78 is 0. The summed E-state index contributed by atoms with van der Waals surface area (Å²) >= 11 is 0. The van der Waals surface area contributed by atoms with Gasteiger partial charge >= 0.3 is 6.03 Å². The molecule has 1 fully saturated rings. The molecule has 1 aliphatic carbocycles. The van der Waals surface area contributed by atoms with Crippen LogP contribution in [0.4, 0.5) is 10.6 Å². The number of hydrogen-bond acceptors (Lipinski definition) is 3. The molecule has 0 spiro atoms. The van der Waals surface area contributed by atoms with Crippen LogP contribution in [0.3, 0.4) is 0 Å². The second kappa shape index (κ2) is 8.61. The van der Waals surface area contributed by atoms with Gasteiger partial charge in [0.15, 0.2) is 0 Å². The first-order valence-electron chi connectivity index (χ1n) is 8.29. The zero-order valence-electron chi connectivity index (χ0n) is 13.8. The van der Waals surface area contributed by atoms with Crippen molar-refractivity contribution in [2.45, 2.75) is 45.1 Å². The fraction of sp³-hybridized carbons (Fsp3) is 0.647. The maximum absolute atomic E-state index is 11.8. The third kappa shape index (κ3) is 5.54. The summed E-state index contributed by atoms with van der Waals surface area (Å²) in [5.41, 5.74) is 1.06. The van der Waals surface area contributed by atoms with E-state index in [4.69, 9.17) is 0 Å². The molecule has 5 nitrogen and oxygen atoms in total. The molecule has 1 aliphatic rings. The maximum Gasteiger partial charge on any atom is 0.315 e. The van der Waals surface area contributed by atoms with Gasteiger partial charge in [0, 0.05) is 33.4 Å². The van der Waals surface area contributed by atoms with E-state index in [0.29, 0.717) is 6.54 Å². The third-order valence-electron chi connectivity index (χ3n) is 4.28. The summed E-state index contributed by atoms with van der Waals surface area (Å²) in [6, 6.07) is 3.83. The molecule has 0 atom stereocenters. The zero-order valence-corrected chi connectivity index (χ0v) is 13.8. The van der Waals surface area contributed by atoms with Gasteiger partial charge in [-0.2, -0.15) is 0 Å². The maximum atomic E-state index is 11.8. The Bertz CT molecular complexity index is 469. The fourth-order valence-electron chi connectivity index (χ4n) is 2.93. The van der Waals surface area contributed by atoms with Crippen molar-refractivity contribution in [2.24, 2.45) is 5.92 Å². The average molecular weight is 304 g/mol. The molecule has 1 aromatic rings. The lowest BCUT2D eigenvalue weighted by Crippen LogP contribution is -2.36. The molecule has 2 amide bonds. The lowest BCUT2D eigenvalue weighted by Gasteiger charge is -2.21. The smallest absolute Gasteiger partial charge is 0.315 e. The van der Waals surface area contributed by atoms with Crippen LogP contribution in [0.2, 0.25) is 0 Å². The highest BCUT2D eigenvalue weighted by Crippen LogP contribution is 2.25. The lowest BCUT2D eigenvalue weighted by molar-refractivity contribution is 0.238. The van der Waals surface area contributed by atoms with Crippen LogP contribution in [0, 0.1) is 5.92 Å². The van der Waals surface area contributed by atoms with Crippen molar-refractivity contribution in [1.29, 1.82) is 0 Å². The minimum Gasteiger partial charge on any atom is -0.363 e. The van der Waals surface area contributed by atoms with E-state index in [9.17, 15) is 4.79 Å². The van der Waals surface area contributed by atoms with Gasteiger partial charge in [-0.05, 0) is 30.0 Å². The molecule has 122 valence electrons. The highest BCUT2D eigenvalue weighted by atomic mass is 16.2. The summed E-state index contributed by atoms with van der Waals surface area (Å²) in [4.78, 5) is 18.0. The summed E-state index contributed by atoms with van der Waals surface area (Å²) in [5, 5.41) is 5.87. The molecule has 1 saturated carbocycles. The first kappa shape index (κ1) is 16.6. The predicted octanol–water partition coefficient (Wildman–Crippen LogP) is 2.92. The Labute approximate surface area is 133 Å². The monoisotopic (exact) mass is 304 g/mol. The molecule has 22 heavy (non-hydrogen) atoms. The Morgan fingerprint density at radius 1 is 1.27 bits per heavy atom. The molecular formula is C17H28N4O. The van der Waals surface area contributed by atoms with Crippen molar-refractivity contribution in [3.05, 3.63) is 23.9 Å². The summed E-state index contributed by atoms with van der Waals surface area (Å²) in [5.74, 6) is 1.70. The molecule has 0 saturated heterocycles. The summed E-state index contributed by atoms with van der Waals surface area (Å²) in [6.45, 7) is 1.30. The van der Waals surface area contributed by atoms with Crippen LogP contribution in [0.25, 0.3) is 0 Å². The summed E-state index contributed by atoms with van der Waals surface area (Å²) in [7, 11) is 3.91. The van der Waals surface area contributed by atoms with Crippen molar-refractivity contribution in [2.75, 3.05) is 25.5 Å². The number of aromatic nitrogens is 1. The Morgan fingerprint density at radius 2 is 2.05 bits per heavy atom. The second-order valence-electron chi connectivity index (χ2n) is 6.32. The fourth-order valence-corrected chi connectivity index (χ4v) is 2.93. The van der Waals surface area contributed by atoms with Gasteiger partial charge < -0.3 is 15.5 Å². The van der Waals surface area contributed by atoms with E-state index in [1.807, 2.05) is 31.1 Å². The number of nitrogens with one attached hydrogen (secondary N) is 2. The number of pyridine rings is 1. The van der Waals surface area contributed by atoms with Crippen molar-refractivity contribution in [3.8, 4) is 0 Å². The lowest BCUT2D eigenvalue weighted by atomic mass is 9.87. The molecule has 5 heteroatoms. The minimum absolute atomic E-state index is 0.0842. The highest BCUT2D eigenvalue weighted by molar-refractivity contribution is 5.73. The van der Waals surface area contributed by atoms with Crippen LogP contribution >= 0.6 is 0 Å². The van der Waals surface area contributed by atoms with Gasteiger partial charge in [-0.15, -0.1) is 0 Å². The van der Waals surface area contributed by atoms with Crippen molar-refractivity contribution in [3.63, 3.8) is 0 Å². The van der Waals surface area contributed by atoms with Crippen molar-refractivity contribution >= 4 is 11.8 Å². The molecule has 0 bridgehead atoms. The van der Waals surface area contributed by atoms with Gasteiger partial charge in [-0.3, -0.25) is 0 Å². The number of hydrogen-bond donors (Lipinski definition) is 2. The molecule has 0 aromatic carbocycles. The molecule has 0 radical (unpaired) electrons. The molecule has 2 rings (SSSR count). The van der Waals surface area contributed by atoms with Crippen molar-refractivity contribution < 1.29 is 4.79 Å². The normalized spacial score (nSPS) is 15.4.